The molecule has 1 aliphatic heterocycles. The molecule has 1 unspecified atom stereocenters. The lowest BCUT2D eigenvalue weighted by atomic mass is 10.0. The van der Waals surface area contributed by atoms with Crippen molar-refractivity contribution in [3.05, 3.63) is 0 Å². The van der Waals surface area contributed by atoms with Gasteiger partial charge in [-0.2, -0.15) is 0 Å². The van der Waals surface area contributed by atoms with Crippen LogP contribution in [0.15, 0.2) is 0 Å². The predicted molar refractivity (Wildman–Crippen MR) is 82.0 cm³/mol. The molecule has 0 radical (unpaired) electrons. The lowest BCUT2D eigenvalue weighted by Crippen LogP contribution is -2.64. The van der Waals surface area contributed by atoms with Gasteiger partial charge in [-0.15, -0.1) is 0 Å². The van der Waals surface area contributed by atoms with Crippen LogP contribution in [-0.2, 0) is 9.53 Å². The molecule has 1 heterocycles. The van der Waals surface area contributed by atoms with E-state index in [1.165, 1.54) is 0 Å². The maximum atomic E-state index is 11.8. The summed E-state index contributed by atoms with van der Waals surface area (Å²) < 4.78 is 5.31. The highest BCUT2D eigenvalue weighted by atomic mass is 16.6. The Balaban J connectivity index is 2.41. The van der Waals surface area contributed by atoms with E-state index in [-0.39, 0.29) is 24.1 Å². The highest BCUT2D eigenvalue weighted by Crippen LogP contribution is 2.16. The second-order valence-corrected chi connectivity index (χ2v) is 7.05. The van der Waals surface area contributed by atoms with Gasteiger partial charge in [0.2, 0.25) is 5.91 Å². The number of carbonyl (C=O) groups is 2. The van der Waals surface area contributed by atoms with Crippen molar-refractivity contribution < 1.29 is 14.3 Å². The van der Waals surface area contributed by atoms with Gasteiger partial charge in [-0.1, -0.05) is 13.8 Å². The van der Waals surface area contributed by atoms with Crippen LogP contribution in [0.2, 0.25) is 0 Å². The second-order valence-electron chi connectivity index (χ2n) is 7.05. The summed E-state index contributed by atoms with van der Waals surface area (Å²) in [5.74, 6) is 0.432. The fraction of sp³-hybridized carbons (Fsp3) is 0.867. The van der Waals surface area contributed by atoms with Crippen molar-refractivity contribution in [2.75, 3.05) is 20.1 Å². The van der Waals surface area contributed by atoms with E-state index in [9.17, 15) is 9.59 Å². The van der Waals surface area contributed by atoms with Crippen LogP contribution in [0.25, 0.3) is 0 Å². The molecule has 0 spiro atoms. The van der Waals surface area contributed by atoms with Crippen LogP contribution in [-0.4, -0.2) is 54.7 Å². The fourth-order valence-corrected chi connectivity index (χ4v) is 2.24. The zero-order valence-corrected chi connectivity index (χ0v) is 14.0. The van der Waals surface area contributed by atoms with Gasteiger partial charge in [-0.25, -0.2) is 4.79 Å². The van der Waals surface area contributed by atoms with E-state index in [4.69, 9.17) is 4.74 Å². The Labute approximate surface area is 127 Å². The van der Waals surface area contributed by atoms with Crippen molar-refractivity contribution in [1.29, 1.82) is 0 Å². The van der Waals surface area contributed by atoms with Crippen molar-refractivity contribution in [3.63, 3.8) is 0 Å². The first-order valence-electron chi connectivity index (χ1n) is 7.58. The van der Waals surface area contributed by atoms with Gasteiger partial charge < -0.3 is 15.0 Å². The third-order valence-electron chi connectivity index (χ3n) is 3.24. The second kappa shape index (κ2) is 7.11. The summed E-state index contributed by atoms with van der Waals surface area (Å²) >= 11 is 0. The molecule has 0 aliphatic carbocycles. The lowest BCUT2D eigenvalue weighted by Gasteiger charge is -2.41. The van der Waals surface area contributed by atoms with Crippen molar-refractivity contribution in [1.82, 2.24) is 15.5 Å². The summed E-state index contributed by atoms with van der Waals surface area (Å²) in [4.78, 5) is 25.3. The zero-order valence-electron chi connectivity index (χ0n) is 14.0. The minimum absolute atomic E-state index is 0.000539. The van der Waals surface area contributed by atoms with Gasteiger partial charge in [0.1, 0.15) is 5.60 Å². The number of hydrogen-bond donors (Lipinski definition) is 2. The summed E-state index contributed by atoms with van der Waals surface area (Å²) in [5, 5.41) is 6.00. The Morgan fingerprint density at radius 3 is 2.29 bits per heavy atom. The Morgan fingerprint density at radius 1 is 1.29 bits per heavy atom. The number of rotatable bonds is 5. The molecule has 1 atom stereocenters. The van der Waals surface area contributed by atoms with Gasteiger partial charge in [0.15, 0.2) is 0 Å². The van der Waals surface area contributed by atoms with Crippen LogP contribution in [0.4, 0.5) is 4.79 Å². The third kappa shape index (κ3) is 5.91. The number of likely N-dealkylation sites (N-methyl/N-ethyl adjacent to an activating group) is 1. The molecular formula is C15H29N3O3. The maximum absolute atomic E-state index is 11.8. The Kier molecular flexibility index (Phi) is 6.01. The predicted octanol–water partition coefficient (Wildman–Crippen LogP) is 1.36. The average molecular weight is 299 g/mol. The molecule has 1 aliphatic rings. The normalized spacial score (nSPS) is 17.4. The van der Waals surface area contributed by atoms with Gasteiger partial charge in [-0.3, -0.25) is 10.1 Å². The highest BCUT2D eigenvalue weighted by molar-refractivity contribution is 5.81. The summed E-state index contributed by atoms with van der Waals surface area (Å²) in [5.41, 5.74) is -0.474. The fourth-order valence-electron chi connectivity index (χ4n) is 2.24. The molecule has 0 bridgehead atoms. The van der Waals surface area contributed by atoms with Crippen molar-refractivity contribution in [3.8, 4) is 0 Å². The third-order valence-corrected chi connectivity index (χ3v) is 3.24. The van der Waals surface area contributed by atoms with Crippen LogP contribution < -0.4 is 10.6 Å². The van der Waals surface area contributed by atoms with Crippen molar-refractivity contribution >= 4 is 12.0 Å². The topological polar surface area (TPSA) is 70.7 Å². The quantitative estimate of drug-likeness (QED) is 0.804. The highest BCUT2D eigenvalue weighted by Gasteiger charge is 2.35. The molecular weight excluding hydrogens is 270 g/mol. The Morgan fingerprint density at radius 2 is 1.86 bits per heavy atom. The lowest BCUT2D eigenvalue weighted by molar-refractivity contribution is -0.123. The first kappa shape index (κ1) is 17.8. The molecule has 0 aromatic heterocycles. The summed E-state index contributed by atoms with van der Waals surface area (Å²) in [6.45, 7) is 10.9. The molecule has 1 saturated heterocycles. The number of nitrogens with zero attached hydrogens (tertiary/aromatic N) is 1. The molecule has 122 valence electrons. The van der Waals surface area contributed by atoms with Crippen LogP contribution in [0.5, 0.6) is 0 Å². The van der Waals surface area contributed by atoms with Crippen LogP contribution in [0.1, 0.15) is 41.0 Å². The van der Waals surface area contributed by atoms with Gasteiger partial charge in [0.25, 0.3) is 0 Å². The average Bonchev–Trinajstić information content (AvgIpc) is 2.27. The molecule has 0 aromatic carbocycles. The van der Waals surface area contributed by atoms with E-state index in [0.717, 1.165) is 6.42 Å². The molecule has 1 fully saturated rings. The summed E-state index contributed by atoms with van der Waals surface area (Å²) in [6.07, 6.45) is 0.490. The van der Waals surface area contributed by atoms with E-state index in [2.05, 4.69) is 24.5 Å². The number of carbonyl (C=O) groups excluding carboxylic acids is 2. The standard InChI is InChI=1S/C15H29N3O3/c1-10(2)7-12(13(19)16-6)17-11-8-18(9-11)14(20)21-15(3,4)5/h10-12,17H,7-9H2,1-6H3,(H,16,19). The number of likely N-dealkylation sites (tertiary alicyclic amines) is 1. The Bertz CT molecular complexity index is 371. The first-order valence-corrected chi connectivity index (χ1v) is 7.58. The van der Waals surface area contributed by atoms with Gasteiger partial charge >= 0.3 is 6.09 Å². The van der Waals surface area contributed by atoms with Crippen LogP contribution in [0.3, 0.4) is 0 Å². The SMILES string of the molecule is CNC(=O)C(CC(C)C)NC1CN(C(=O)OC(C)(C)C)C1. The molecule has 1 rings (SSSR count). The molecule has 2 amide bonds. The minimum Gasteiger partial charge on any atom is -0.444 e. The monoisotopic (exact) mass is 299 g/mol. The Hall–Kier alpha value is -1.30. The van der Waals surface area contributed by atoms with Crippen molar-refractivity contribution in [2.45, 2.75) is 58.7 Å². The molecule has 6 heteroatoms. The maximum Gasteiger partial charge on any atom is 0.410 e. The van der Waals surface area contributed by atoms with Gasteiger partial charge in [-0.05, 0) is 33.1 Å². The first-order chi connectivity index (χ1) is 9.62. The van der Waals surface area contributed by atoms with E-state index in [0.29, 0.717) is 19.0 Å². The van der Waals surface area contributed by atoms with E-state index >= 15 is 0 Å². The number of nitrogens with one attached hydrogen (secondary N) is 2. The molecule has 21 heavy (non-hydrogen) atoms. The molecule has 2 N–H and O–H groups in total. The van der Waals surface area contributed by atoms with Gasteiger partial charge in [0, 0.05) is 26.2 Å². The molecule has 0 saturated carbocycles. The number of ether oxygens (including phenoxy) is 1. The zero-order chi connectivity index (χ0) is 16.2. The molecule has 6 nitrogen and oxygen atoms in total. The van der Waals surface area contributed by atoms with Crippen LogP contribution in [0, 0.1) is 5.92 Å². The van der Waals surface area contributed by atoms with Crippen molar-refractivity contribution in [2.24, 2.45) is 5.92 Å². The summed E-state index contributed by atoms with van der Waals surface area (Å²) in [7, 11) is 1.64. The minimum atomic E-state index is -0.474. The smallest absolute Gasteiger partial charge is 0.410 e. The van der Waals surface area contributed by atoms with Gasteiger partial charge in [0.05, 0.1) is 6.04 Å². The van der Waals surface area contributed by atoms with Crippen LogP contribution >= 0.6 is 0 Å². The summed E-state index contributed by atoms with van der Waals surface area (Å²) in [6, 6.07) is -0.0562. The molecule has 0 aromatic rings. The van der Waals surface area contributed by atoms with E-state index in [1.54, 1.807) is 11.9 Å². The largest absolute Gasteiger partial charge is 0.444 e. The van der Waals surface area contributed by atoms with E-state index in [1.807, 2.05) is 20.8 Å². The number of hydrogen-bond acceptors (Lipinski definition) is 4. The van der Waals surface area contributed by atoms with E-state index < -0.39 is 5.60 Å². The number of amides is 2.